The number of hydrogen-bond donors (Lipinski definition) is 0. The maximum absolute atomic E-state index is 10.0. The summed E-state index contributed by atoms with van der Waals surface area (Å²) in [6.07, 6.45) is 4.03. The Morgan fingerprint density at radius 1 is 1.17 bits per heavy atom. The lowest BCUT2D eigenvalue weighted by Gasteiger charge is -2.36. The first-order valence-electron chi connectivity index (χ1n) is 9.52. The molecule has 8 heteroatoms. The summed E-state index contributed by atoms with van der Waals surface area (Å²) in [4.78, 5) is 13.8. The predicted molar refractivity (Wildman–Crippen MR) is 116 cm³/mol. The first-order chi connectivity index (χ1) is 14.0. The fraction of sp³-hybridized carbons (Fsp3) is 0.476. The lowest BCUT2D eigenvalue weighted by Crippen LogP contribution is -2.42. The van der Waals surface area contributed by atoms with E-state index in [-0.39, 0.29) is 0 Å². The molecule has 2 heterocycles. The van der Waals surface area contributed by atoms with Gasteiger partial charge in [0.05, 0.1) is 19.9 Å². The summed E-state index contributed by atoms with van der Waals surface area (Å²) in [6.45, 7) is 2.08. The zero-order valence-electron chi connectivity index (χ0n) is 17.6. The molecule has 0 bridgehead atoms. The second-order valence-corrected chi connectivity index (χ2v) is 7.86. The first-order valence-corrected chi connectivity index (χ1v) is 10.7. The Labute approximate surface area is 176 Å². The SMILES string of the molecule is COc1ccc(-c2nc(SC)nc(N(C)C3CCN(C)CC3)c2C#N)cc1OC. The first kappa shape index (κ1) is 21.2. The smallest absolute Gasteiger partial charge is 0.189 e. The Bertz CT molecular complexity index is 907. The maximum atomic E-state index is 10.0. The Kier molecular flexibility index (Phi) is 6.83. The molecule has 1 aromatic carbocycles. The van der Waals surface area contributed by atoms with Gasteiger partial charge in [-0.1, -0.05) is 11.8 Å². The molecular weight excluding hydrogens is 386 g/mol. The molecule has 29 heavy (non-hydrogen) atoms. The number of nitriles is 1. The topological polar surface area (TPSA) is 74.5 Å². The van der Waals surface area contributed by atoms with Gasteiger partial charge in [-0.25, -0.2) is 9.97 Å². The number of anilines is 1. The van der Waals surface area contributed by atoms with Gasteiger partial charge in [0.1, 0.15) is 11.6 Å². The number of rotatable bonds is 6. The van der Waals surface area contributed by atoms with E-state index in [9.17, 15) is 5.26 Å². The Morgan fingerprint density at radius 3 is 2.45 bits per heavy atom. The van der Waals surface area contributed by atoms with Gasteiger partial charge in [-0.05, 0) is 57.4 Å². The summed E-state index contributed by atoms with van der Waals surface area (Å²) in [7, 11) is 7.37. The number of ether oxygens (including phenoxy) is 2. The molecule has 0 radical (unpaired) electrons. The average molecular weight is 414 g/mol. The van der Waals surface area contributed by atoms with Crippen LogP contribution in [0.3, 0.4) is 0 Å². The summed E-state index contributed by atoms with van der Waals surface area (Å²) in [5.41, 5.74) is 1.90. The van der Waals surface area contributed by atoms with Gasteiger partial charge in [0, 0.05) is 18.7 Å². The summed E-state index contributed by atoms with van der Waals surface area (Å²) in [6, 6.07) is 8.28. The van der Waals surface area contributed by atoms with Gasteiger partial charge in [0.15, 0.2) is 22.5 Å². The number of nitrogens with zero attached hydrogens (tertiary/aromatic N) is 5. The molecule has 1 aromatic heterocycles. The minimum absolute atomic E-state index is 0.348. The highest BCUT2D eigenvalue weighted by Crippen LogP contribution is 2.36. The predicted octanol–water partition coefficient (Wildman–Crippen LogP) is 3.28. The molecule has 3 rings (SSSR count). The van der Waals surface area contributed by atoms with E-state index in [1.165, 1.54) is 11.8 Å². The number of benzene rings is 1. The zero-order chi connectivity index (χ0) is 21.0. The normalized spacial score (nSPS) is 15.0. The zero-order valence-corrected chi connectivity index (χ0v) is 18.4. The molecule has 2 aromatic rings. The van der Waals surface area contributed by atoms with Gasteiger partial charge in [0.2, 0.25) is 0 Å². The van der Waals surface area contributed by atoms with E-state index in [1.807, 2.05) is 31.5 Å². The number of methoxy groups -OCH3 is 2. The second-order valence-electron chi connectivity index (χ2n) is 7.08. The Morgan fingerprint density at radius 2 is 1.86 bits per heavy atom. The molecule has 0 aliphatic carbocycles. The number of likely N-dealkylation sites (tertiary alicyclic amines) is 1. The van der Waals surface area contributed by atoms with E-state index < -0.39 is 0 Å². The minimum Gasteiger partial charge on any atom is -0.493 e. The quantitative estimate of drug-likeness (QED) is 0.528. The number of aromatic nitrogens is 2. The van der Waals surface area contributed by atoms with Crippen molar-refractivity contribution in [2.24, 2.45) is 0 Å². The number of piperidine rings is 1. The van der Waals surface area contributed by atoms with Crippen LogP contribution in [0.5, 0.6) is 11.5 Å². The third-order valence-corrected chi connectivity index (χ3v) is 5.94. The highest BCUT2D eigenvalue weighted by Gasteiger charge is 2.26. The number of hydrogen-bond acceptors (Lipinski definition) is 8. The van der Waals surface area contributed by atoms with Gasteiger partial charge < -0.3 is 19.3 Å². The third kappa shape index (κ3) is 4.41. The molecule has 0 N–H and O–H groups in total. The van der Waals surface area contributed by atoms with Gasteiger partial charge >= 0.3 is 0 Å². The highest BCUT2D eigenvalue weighted by atomic mass is 32.2. The second kappa shape index (κ2) is 9.33. The van der Waals surface area contributed by atoms with Crippen LogP contribution in [0.15, 0.2) is 23.4 Å². The van der Waals surface area contributed by atoms with Crippen molar-refractivity contribution in [3.63, 3.8) is 0 Å². The van der Waals surface area contributed by atoms with Crippen LogP contribution in [-0.4, -0.2) is 68.6 Å². The lowest BCUT2D eigenvalue weighted by atomic mass is 10.0. The van der Waals surface area contributed by atoms with E-state index >= 15 is 0 Å². The standard InChI is InChI=1S/C21H27N5O2S/c1-25-10-8-15(9-11-25)26(2)20-16(13-22)19(23-21(24-20)29-5)14-6-7-17(27-3)18(12-14)28-4/h6-7,12,15H,8-11H2,1-5H3. The van der Waals surface area contributed by atoms with E-state index in [1.54, 1.807) is 14.2 Å². The molecule has 1 saturated heterocycles. The molecule has 1 aliphatic rings. The molecule has 0 saturated carbocycles. The van der Waals surface area contributed by atoms with Crippen molar-refractivity contribution in [3.05, 3.63) is 23.8 Å². The maximum Gasteiger partial charge on any atom is 0.189 e. The molecular formula is C21H27N5O2S. The fourth-order valence-electron chi connectivity index (χ4n) is 3.63. The van der Waals surface area contributed by atoms with Gasteiger partial charge in [0.25, 0.3) is 0 Å². The molecule has 154 valence electrons. The van der Waals surface area contributed by atoms with Crippen molar-refractivity contribution in [3.8, 4) is 28.8 Å². The molecule has 0 amide bonds. The van der Waals surface area contributed by atoms with Crippen LogP contribution in [0.4, 0.5) is 5.82 Å². The van der Waals surface area contributed by atoms with E-state index in [2.05, 4.69) is 27.9 Å². The van der Waals surface area contributed by atoms with Gasteiger partial charge in [-0.2, -0.15) is 5.26 Å². The average Bonchev–Trinajstić information content (AvgIpc) is 2.77. The van der Waals surface area contributed by atoms with Crippen LogP contribution >= 0.6 is 11.8 Å². The van der Waals surface area contributed by atoms with Gasteiger partial charge in [-0.15, -0.1) is 0 Å². The van der Waals surface area contributed by atoms with Crippen LogP contribution < -0.4 is 14.4 Å². The van der Waals surface area contributed by atoms with Crippen LogP contribution in [0.1, 0.15) is 18.4 Å². The van der Waals surface area contributed by atoms with E-state index in [4.69, 9.17) is 14.5 Å². The minimum atomic E-state index is 0.348. The van der Waals surface area contributed by atoms with Crippen molar-refractivity contribution in [1.29, 1.82) is 5.26 Å². The third-order valence-electron chi connectivity index (χ3n) is 5.39. The lowest BCUT2D eigenvalue weighted by molar-refractivity contribution is 0.252. The van der Waals surface area contributed by atoms with Crippen molar-refractivity contribution in [2.75, 3.05) is 52.6 Å². The molecule has 7 nitrogen and oxygen atoms in total. The van der Waals surface area contributed by atoms with E-state index in [0.717, 1.165) is 31.5 Å². The molecule has 1 fully saturated rings. The largest absolute Gasteiger partial charge is 0.493 e. The van der Waals surface area contributed by atoms with Crippen LogP contribution in [0, 0.1) is 11.3 Å². The van der Waals surface area contributed by atoms with Crippen LogP contribution in [0.25, 0.3) is 11.3 Å². The Hall–Kier alpha value is -2.50. The van der Waals surface area contributed by atoms with Crippen molar-refractivity contribution in [1.82, 2.24) is 14.9 Å². The van der Waals surface area contributed by atoms with Crippen molar-refractivity contribution >= 4 is 17.6 Å². The molecule has 0 atom stereocenters. The highest BCUT2D eigenvalue weighted by molar-refractivity contribution is 7.98. The van der Waals surface area contributed by atoms with Crippen molar-refractivity contribution in [2.45, 2.75) is 24.0 Å². The van der Waals surface area contributed by atoms with Crippen LogP contribution in [-0.2, 0) is 0 Å². The van der Waals surface area contributed by atoms with Crippen LogP contribution in [0.2, 0.25) is 0 Å². The van der Waals surface area contributed by atoms with Gasteiger partial charge in [-0.3, -0.25) is 0 Å². The monoisotopic (exact) mass is 413 g/mol. The van der Waals surface area contributed by atoms with E-state index in [0.29, 0.717) is 39.8 Å². The van der Waals surface area contributed by atoms with Crippen molar-refractivity contribution < 1.29 is 9.47 Å². The fourth-order valence-corrected chi connectivity index (χ4v) is 3.99. The molecule has 0 spiro atoms. The summed E-state index contributed by atoms with van der Waals surface area (Å²) < 4.78 is 10.8. The molecule has 0 unspecified atom stereocenters. The summed E-state index contributed by atoms with van der Waals surface area (Å²) >= 11 is 1.47. The molecule has 1 aliphatic heterocycles. The summed E-state index contributed by atoms with van der Waals surface area (Å²) in [5, 5.41) is 10.7. The Balaban J connectivity index is 2.09. The summed E-state index contributed by atoms with van der Waals surface area (Å²) in [5.74, 6) is 1.92. The number of thioether (sulfide) groups is 1.